The number of phenolic OH excluding ortho intramolecular Hbond substituents is 2. The van der Waals surface area contributed by atoms with Gasteiger partial charge in [-0.25, -0.2) is 0 Å². The molecule has 1 unspecified atom stereocenters. The molecule has 6 heteroatoms. The Kier molecular flexibility index (Phi) is 5.06. The number of aromatic hydroxyl groups is 2. The van der Waals surface area contributed by atoms with Crippen LogP contribution in [-0.4, -0.2) is 27.0 Å². The van der Waals surface area contributed by atoms with Crippen molar-refractivity contribution in [2.75, 3.05) is 0 Å². The number of fused-ring (bicyclic) bond motifs is 2. The highest BCUT2D eigenvalue weighted by atomic mass is 16.5. The molecule has 0 radical (unpaired) electrons. The predicted molar refractivity (Wildman–Crippen MR) is 119 cm³/mol. The maximum absolute atomic E-state index is 13.3. The predicted octanol–water partition coefficient (Wildman–Crippen LogP) is 4.45. The maximum atomic E-state index is 13.3. The molecular weight excluding hydrogens is 396 g/mol. The fourth-order valence-electron chi connectivity index (χ4n) is 3.79. The van der Waals surface area contributed by atoms with Gasteiger partial charge in [0.05, 0.1) is 11.2 Å². The van der Waals surface area contributed by atoms with Crippen molar-refractivity contribution in [1.82, 2.24) is 0 Å². The van der Waals surface area contributed by atoms with Gasteiger partial charge in [-0.15, -0.1) is 0 Å². The molecule has 1 aliphatic heterocycles. The Labute approximate surface area is 180 Å². The van der Waals surface area contributed by atoms with E-state index < -0.39 is 11.7 Å². The van der Waals surface area contributed by atoms with Crippen molar-refractivity contribution >= 4 is 11.0 Å². The lowest BCUT2D eigenvalue weighted by Gasteiger charge is -2.24. The second-order valence-electron chi connectivity index (χ2n) is 8.85. The molecular formula is C25H26O6. The third kappa shape index (κ3) is 3.79. The minimum absolute atomic E-state index is 0.0789. The fraction of sp³-hybridized carbons (Fsp3) is 0.320. The monoisotopic (exact) mass is 422 g/mol. The zero-order valence-electron chi connectivity index (χ0n) is 18.0. The Morgan fingerprint density at radius 3 is 2.65 bits per heavy atom. The molecule has 0 bridgehead atoms. The summed E-state index contributed by atoms with van der Waals surface area (Å²) in [4.78, 5) is 13.3. The molecule has 3 aromatic rings. The lowest BCUT2D eigenvalue weighted by Crippen LogP contribution is -2.39. The largest absolute Gasteiger partial charge is 0.508 e. The number of hydrogen-bond donors (Lipinski definition) is 3. The molecule has 1 atom stereocenters. The summed E-state index contributed by atoms with van der Waals surface area (Å²) in [5.74, 6) is 0.377. The molecule has 1 aliphatic rings. The second kappa shape index (κ2) is 7.46. The molecule has 2 aromatic carbocycles. The SMILES string of the molecule is CC(C)=CCc1cc(-c2coc3cc4c(c(O)c3c2=O)CC(C(C)(C)O)O4)ccc1O. The lowest BCUT2D eigenvalue weighted by molar-refractivity contribution is -0.0229. The van der Waals surface area contributed by atoms with E-state index in [1.165, 1.54) is 6.26 Å². The van der Waals surface area contributed by atoms with E-state index in [-0.39, 0.29) is 34.3 Å². The summed E-state index contributed by atoms with van der Waals surface area (Å²) in [6, 6.07) is 6.54. The molecule has 3 N–H and O–H groups in total. The average Bonchev–Trinajstić information content (AvgIpc) is 3.13. The summed E-state index contributed by atoms with van der Waals surface area (Å²) in [7, 11) is 0. The van der Waals surface area contributed by atoms with Crippen LogP contribution in [0.2, 0.25) is 0 Å². The van der Waals surface area contributed by atoms with Gasteiger partial charge in [-0.1, -0.05) is 17.7 Å². The molecule has 0 aliphatic carbocycles. The van der Waals surface area contributed by atoms with Crippen LogP contribution in [0.3, 0.4) is 0 Å². The average molecular weight is 422 g/mol. The molecule has 31 heavy (non-hydrogen) atoms. The van der Waals surface area contributed by atoms with Crippen LogP contribution < -0.4 is 10.2 Å². The Morgan fingerprint density at radius 2 is 1.97 bits per heavy atom. The van der Waals surface area contributed by atoms with Gasteiger partial charge in [0, 0.05) is 18.1 Å². The van der Waals surface area contributed by atoms with Crippen LogP contribution in [0, 0.1) is 0 Å². The van der Waals surface area contributed by atoms with Crippen molar-refractivity contribution in [3.05, 3.63) is 63.5 Å². The minimum Gasteiger partial charge on any atom is -0.508 e. The smallest absolute Gasteiger partial charge is 0.204 e. The summed E-state index contributed by atoms with van der Waals surface area (Å²) >= 11 is 0. The van der Waals surface area contributed by atoms with Crippen molar-refractivity contribution < 1.29 is 24.5 Å². The van der Waals surface area contributed by atoms with Gasteiger partial charge < -0.3 is 24.5 Å². The summed E-state index contributed by atoms with van der Waals surface area (Å²) in [5.41, 5.74) is 1.93. The summed E-state index contributed by atoms with van der Waals surface area (Å²) in [6.07, 6.45) is 3.65. The van der Waals surface area contributed by atoms with Gasteiger partial charge in [0.2, 0.25) is 5.43 Å². The molecule has 4 rings (SSSR count). The van der Waals surface area contributed by atoms with E-state index in [2.05, 4.69) is 0 Å². The van der Waals surface area contributed by atoms with Crippen molar-refractivity contribution in [2.45, 2.75) is 52.2 Å². The number of rotatable bonds is 4. The van der Waals surface area contributed by atoms with Gasteiger partial charge in [-0.3, -0.25) is 4.79 Å². The first-order chi connectivity index (χ1) is 14.6. The number of ether oxygens (including phenoxy) is 1. The molecule has 0 amide bonds. The van der Waals surface area contributed by atoms with Crippen molar-refractivity contribution in [3.8, 4) is 28.4 Å². The van der Waals surface area contributed by atoms with Crippen molar-refractivity contribution in [3.63, 3.8) is 0 Å². The first-order valence-corrected chi connectivity index (χ1v) is 10.2. The van der Waals surface area contributed by atoms with Gasteiger partial charge >= 0.3 is 0 Å². The summed E-state index contributed by atoms with van der Waals surface area (Å²) in [6.45, 7) is 7.23. The van der Waals surface area contributed by atoms with Crippen LogP contribution in [0.15, 0.2) is 51.4 Å². The first-order valence-electron chi connectivity index (χ1n) is 10.2. The van der Waals surface area contributed by atoms with E-state index in [0.717, 1.165) is 5.57 Å². The Bertz CT molecular complexity index is 1260. The standard InChI is InChI=1S/C25H26O6/c1-13(2)5-6-15-9-14(7-8-18(15)26)17-12-30-20-11-19-16(23(27)22(20)24(17)28)10-21(31-19)25(3,4)29/h5,7-9,11-12,21,26-27,29H,6,10H2,1-4H3. The number of allylic oxidation sites excluding steroid dienone is 2. The number of benzene rings is 2. The minimum atomic E-state index is -1.10. The topological polar surface area (TPSA) is 100 Å². The third-order valence-corrected chi connectivity index (χ3v) is 5.67. The lowest BCUT2D eigenvalue weighted by atomic mass is 9.95. The highest BCUT2D eigenvalue weighted by Crippen LogP contribution is 2.42. The zero-order chi connectivity index (χ0) is 22.5. The number of phenols is 2. The number of hydrogen-bond acceptors (Lipinski definition) is 6. The molecule has 162 valence electrons. The number of aliphatic hydroxyl groups is 1. The Balaban J connectivity index is 1.83. The van der Waals surface area contributed by atoms with Crippen LogP contribution in [0.5, 0.6) is 17.2 Å². The summed E-state index contributed by atoms with van der Waals surface area (Å²) in [5, 5.41) is 31.4. The molecule has 0 saturated heterocycles. The van der Waals surface area contributed by atoms with E-state index in [0.29, 0.717) is 34.4 Å². The van der Waals surface area contributed by atoms with E-state index in [9.17, 15) is 20.1 Å². The normalized spacial score (nSPS) is 15.6. The molecule has 0 spiro atoms. The summed E-state index contributed by atoms with van der Waals surface area (Å²) < 4.78 is 11.5. The Morgan fingerprint density at radius 1 is 1.23 bits per heavy atom. The maximum Gasteiger partial charge on any atom is 0.204 e. The molecule has 0 saturated carbocycles. The molecule has 1 aromatic heterocycles. The molecule has 0 fully saturated rings. The van der Waals surface area contributed by atoms with Crippen LogP contribution in [0.1, 0.15) is 38.8 Å². The van der Waals surface area contributed by atoms with Gasteiger partial charge in [0.15, 0.2) is 0 Å². The van der Waals surface area contributed by atoms with E-state index in [4.69, 9.17) is 9.15 Å². The second-order valence-corrected chi connectivity index (χ2v) is 8.85. The van der Waals surface area contributed by atoms with Crippen LogP contribution in [0.4, 0.5) is 0 Å². The van der Waals surface area contributed by atoms with Crippen LogP contribution in [0.25, 0.3) is 22.1 Å². The van der Waals surface area contributed by atoms with Gasteiger partial charge in [0.25, 0.3) is 0 Å². The molecule has 6 nitrogen and oxygen atoms in total. The van der Waals surface area contributed by atoms with E-state index in [1.807, 2.05) is 19.9 Å². The molecule has 2 heterocycles. The first kappa shape index (κ1) is 21.0. The third-order valence-electron chi connectivity index (χ3n) is 5.67. The van der Waals surface area contributed by atoms with Crippen molar-refractivity contribution in [1.29, 1.82) is 0 Å². The van der Waals surface area contributed by atoms with Crippen LogP contribution in [-0.2, 0) is 12.8 Å². The quantitative estimate of drug-likeness (QED) is 0.537. The van der Waals surface area contributed by atoms with Crippen molar-refractivity contribution in [2.24, 2.45) is 0 Å². The van der Waals surface area contributed by atoms with E-state index in [1.54, 1.807) is 38.1 Å². The van der Waals surface area contributed by atoms with Gasteiger partial charge in [-0.2, -0.15) is 0 Å². The van der Waals surface area contributed by atoms with Gasteiger partial charge in [-0.05, 0) is 57.4 Å². The van der Waals surface area contributed by atoms with E-state index >= 15 is 0 Å². The fourth-order valence-corrected chi connectivity index (χ4v) is 3.79. The zero-order valence-corrected chi connectivity index (χ0v) is 18.0. The highest BCUT2D eigenvalue weighted by Gasteiger charge is 2.37. The van der Waals surface area contributed by atoms with Gasteiger partial charge in [0.1, 0.15) is 40.6 Å². The Hall–Kier alpha value is -3.25. The van der Waals surface area contributed by atoms with Crippen LogP contribution >= 0.6 is 0 Å². The highest BCUT2D eigenvalue weighted by molar-refractivity contribution is 5.90.